The van der Waals surface area contributed by atoms with Crippen molar-refractivity contribution in [1.29, 1.82) is 0 Å². The molecule has 3 nitrogen and oxygen atoms in total. The van der Waals surface area contributed by atoms with Gasteiger partial charge in [0.15, 0.2) is 6.29 Å². The zero-order chi connectivity index (χ0) is 10.5. The van der Waals surface area contributed by atoms with Crippen molar-refractivity contribution in [3.63, 3.8) is 0 Å². The molecule has 3 heteroatoms. The summed E-state index contributed by atoms with van der Waals surface area (Å²) in [5.74, 6) is 0. The molecule has 0 spiro atoms. The molecule has 0 amide bonds. The van der Waals surface area contributed by atoms with Crippen molar-refractivity contribution >= 4 is 0 Å². The van der Waals surface area contributed by atoms with Crippen molar-refractivity contribution in [3.05, 3.63) is 0 Å². The van der Waals surface area contributed by atoms with Gasteiger partial charge >= 0.3 is 0 Å². The fourth-order valence-electron chi connectivity index (χ4n) is 0.992. The first-order valence-electron chi connectivity index (χ1n) is 4.92. The van der Waals surface area contributed by atoms with E-state index < -0.39 is 0 Å². The van der Waals surface area contributed by atoms with Gasteiger partial charge in [-0.05, 0) is 19.3 Å². The van der Waals surface area contributed by atoms with Crippen LogP contribution in [0.4, 0.5) is 0 Å². The van der Waals surface area contributed by atoms with E-state index in [4.69, 9.17) is 15.2 Å². The lowest BCUT2D eigenvalue weighted by Gasteiger charge is -2.33. The Labute approximate surface area is 81.6 Å². The highest BCUT2D eigenvalue weighted by Gasteiger charge is 2.29. The van der Waals surface area contributed by atoms with Crippen LogP contribution < -0.4 is 5.73 Å². The van der Waals surface area contributed by atoms with Gasteiger partial charge in [0.25, 0.3) is 0 Å². The van der Waals surface area contributed by atoms with Crippen molar-refractivity contribution in [2.75, 3.05) is 13.2 Å². The van der Waals surface area contributed by atoms with Crippen LogP contribution in [0, 0.1) is 5.41 Å². The van der Waals surface area contributed by atoms with E-state index in [1.54, 1.807) is 0 Å². The second-order valence-corrected chi connectivity index (χ2v) is 4.17. The lowest BCUT2D eigenvalue weighted by molar-refractivity contribution is -0.162. The number of hydrogen-bond acceptors (Lipinski definition) is 3. The zero-order valence-electron chi connectivity index (χ0n) is 9.46. The van der Waals surface area contributed by atoms with Crippen LogP contribution in [0.1, 0.15) is 34.6 Å². The summed E-state index contributed by atoms with van der Waals surface area (Å²) < 4.78 is 10.8. The fourth-order valence-corrected chi connectivity index (χ4v) is 0.992. The lowest BCUT2D eigenvalue weighted by Crippen LogP contribution is -2.47. The molecule has 0 fully saturated rings. The molecule has 1 unspecified atom stereocenters. The zero-order valence-corrected chi connectivity index (χ0v) is 9.46. The van der Waals surface area contributed by atoms with Gasteiger partial charge in [-0.25, -0.2) is 0 Å². The number of nitrogens with two attached hydrogens (primary N) is 1. The monoisotopic (exact) mass is 189 g/mol. The summed E-state index contributed by atoms with van der Waals surface area (Å²) in [5.41, 5.74) is 6.03. The Morgan fingerprint density at radius 3 is 1.69 bits per heavy atom. The molecule has 0 aromatic carbocycles. The highest BCUT2D eigenvalue weighted by Crippen LogP contribution is 2.22. The molecule has 0 rings (SSSR count). The van der Waals surface area contributed by atoms with E-state index in [2.05, 4.69) is 20.8 Å². The Hall–Kier alpha value is -0.120. The highest BCUT2D eigenvalue weighted by molar-refractivity contribution is 4.80. The molecular weight excluding hydrogens is 166 g/mol. The summed E-state index contributed by atoms with van der Waals surface area (Å²) in [6.07, 6.45) is -0.282. The third-order valence-electron chi connectivity index (χ3n) is 1.96. The van der Waals surface area contributed by atoms with E-state index in [0.29, 0.717) is 13.2 Å². The van der Waals surface area contributed by atoms with E-state index in [1.165, 1.54) is 0 Å². The first-order chi connectivity index (χ1) is 5.93. The van der Waals surface area contributed by atoms with Crippen LogP contribution in [0.2, 0.25) is 0 Å². The normalized spacial score (nSPS) is 15.0. The van der Waals surface area contributed by atoms with Gasteiger partial charge in [-0.2, -0.15) is 0 Å². The maximum atomic E-state index is 6.02. The predicted molar refractivity (Wildman–Crippen MR) is 54.5 cm³/mol. The second-order valence-electron chi connectivity index (χ2n) is 4.17. The van der Waals surface area contributed by atoms with Crippen LogP contribution in [0.5, 0.6) is 0 Å². The molecule has 0 aromatic heterocycles. The molecule has 0 heterocycles. The van der Waals surface area contributed by atoms with Crippen LogP contribution in [0.3, 0.4) is 0 Å². The van der Waals surface area contributed by atoms with Gasteiger partial charge in [-0.1, -0.05) is 20.8 Å². The SMILES string of the molecule is CCOC(OCC)C(N)C(C)(C)C. The molecule has 1 atom stereocenters. The molecular formula is C10H23NO2. The van der Waals surface area contributed by atoms with Crippen molar-refractivity contribution < 1.29 is 9.47 Å². The largest absolute Gasteiger partial charge is 0.351 e. The lowest BCUT2D eigenvalue weighted by atomic mass is 9.87. The maximum absolute atomic E-state index is 6.02. The van der Waals surface area contributed by atoms with E-state index >= 15 is 0 Å². The van der Waals surface area contributed by atoms with Crippen molar-refractivity contribution in [2.24, 2.45) is 11.1 Å². The van der Waals surface area contributed by atoms with Crippen molar-refractivity contribution in [1.82, 2.24) is 0 Å². The number of ether oxygens (including phenoxy) is 2. The molecule has 0 aliphatic heterocycles. The topological polar surface area (TPSA) is 44.5 Å². The van der Waals surface area contributed by atoms with Gasteiger partial charge in [-0.15, -0.1) is 0 Å². The molecule has 13 heavy (non-hydrogen) atoms. The molecule has 2 N–H and O–H groups in total. The minimum absolute atomic E-state index is 0.00894. The summed E-state index contributed by atoms with van der Waals surface area (Å²) in [4.78, 5) is 0. The summed E-state index contributed by atoms with van der Waals surface area (Å²) in [7, 11) is 0. The molecule has 0 radical (unpaired) electrons. The third kappa shape index (κ3) is 4.60. The van der Waals surface area contributed by atoms with Gasteiger partial charge in [0.2, 0.25) is 0 Å². The fraction of sp³-hybridized carbons (Fsp3) is 1.00. The summed E-state index contributed by atoms with van der Waals surface area (Å²) in [5, 5.41) is 0. The molecule has 0 aliphatic carbocycles. The molecule has 0 saturated carbocycles. The Balaban J connectivity index is 4.18. The van der Waals surface area contributed by atoms with Crippen LogP contribution in [-0.2, 0) is 9.47 Å². The van der Waals surface area contributed by atoms with Crippen LogP contribution >= 0.6 is 0 Å². The smallest absolute Gasteiger partial charge is 0.172 e. The van der Waals surface area contributed by atoms with Crippen molar-refractivity contribution in [3.8, 4) is 0 Å². The quantitative estimate of drug-likeness (QED) is 0.670. The van der Waals surface area contributed by atoms with Gasteiger partial charge < -0.3 is 15.2 Å². The maximum Gasteiger partial charge on any atom is 0.172 e. The molecule has 0 aliphatic rings. The van der Waals surface area contributed by atoms with E-state index in [-0.39, 0.29) is 17.7 Å². The third-order valence-corrected chi connectivity index (χ3v) is 1.96. The molecule has 80 valence electrons. The molecule has 0 aromatic rings. The highest BCUT2D eigenvalue weighted by atomic mass is 16.7. The second kappa shape index (κ2) is 5.58. The van der Waals surface area contributed by atoms with Gasteiger partial charge in [0.1, 0.15) is 0 Å². The van der Waals surface area contributed by atoms with E-state index in [9.17, 15) is 0 Å². The Kier molecular flexibility index (Phi) is 5.53. The molecule has 0 bridgehead atoms. The summed E-state index contributed by atoms with van der Waals surface area (Å²) >= 11 is 0. The standard InChI is InChI=1S/C10H23NO2/c1-6-12-9(13-7-2)8(11)10(3,4)5/h8-9H,6-7,11H2,1-5H3. The van der Waals surface area contributed by atoms with Gasteiger partial charge in [0.05, 0.1) is 6.04 Å². The van der Waals surface area contributed by atoms with Crippen LogP contribution in [0.15, 0.2) is 0 Å². The Morgan fingerprint density at radius 2 is 1.46 bits per heavy atom. The average Bonchev–Trinajstić information content (AvgIpc) is 2.01. The Bertz CT molecular complexity index is 125. The minimum atomic E-state index is -0.282. The van der Waals surface area contributed by atoms with E-state index in [0.717, 1.165) is 0 Å². The van der Waals surface area contributed by atoms with Gasteiger partial charge in [-0.3, -0.25) is 0 Å². The van der Waals surface area contributed by atoms with Crippen LogP contribution in [0.25, 0.3) is 0 Å². The number of hydrogen-bond donors (Lipinski definition) is 1. The van der Waals surface area contributed by atoms with E-state index in [1.807, 2.05) is 13.8 Å². The average molecular weight is 189 g/mol. The first-order valence-corrected chi connectivity index (χ1v) is 4.92. The minimum Gasteiger partial charge on any atom is -0.351 e. The first kappa shape index (κ1) is 12.9. The number of rotatable bonds is 5. The Morgan fingerprint density at radius 1 is 1.08 bits per heavy atom. The predicted octanol–water partition coefficient (Wildman–Crippen LogP) is 1.76. The summed E-state index contributed by atoms with van der Waals surface area (Å²) in [6, 6.07) is -0.0904. The van der Waals surface area contributed by atoms with Crippen molar-refractivity contribution in [2.45, 2.75) is 47.0 Å². The summed E-state index contributed by atoms with van der Waals surface area (Å²) in [6.45, 7) is 11.4. The van der Waals surface area contributed by atoms with Gasteiger partial charge in [0, 0.05) is 13.2 Å². The molecule has 0 saturated heterocycles. The van der Waals surface area contributed by atoms with Crippen LogP contribution in [-0.4, -0.2) is 25.5 Å².